The van der Waals surface area contributed by atoms with E-state index in [1.807, 2.05) is 0 Å². The highest BCUT2D eigenvalue weighted by Crippen LogP contribution is 2.25. The number of rotatable bonds is 1. The van der Waals surface area contributed by atoms with E-state index in [-0.39, 0.29) is 5.82 Å². The Morgan fingerprint density at radius 3 is 2.60 bits per heavy atom. The van der Waals surface area contributed by atoms with Gasteiger partial charge in [0.05, 0.1) is 6.20 Å². The fourth-order valence-corrected chi connectivity index (χ4v) is 1.34. The molecule has 0 aliphatic heterocycles. The molecule has 76 valence electrons. The summed E-state index contributed by atoms with van der Waals surface area (Å²) in [6.45, 7) is 0. The second-order valence-electron chi connectivity index (χ2n) is 3.10. The summed E-state index contributed by atoms with van der Waals surface area (Å²) < 4.78 is 25.9. The molecule has 1 aromatic carbocycles. The number of nitrogen functional groups attached to an aromatic ring is 1. The number of aromatic nitrogens is 1. The molecule has 0 spiro atoms. The fraction of sp³-hybridized carbons (Fsp3) is 0. The summed E-state index contributed by atoms with van der Waals surface area (Å²) >= 11 is 0. The van der Waals surface area contributed by atoms with Gasteiger partial charge in [-0.05, 0) is 23.8 Å². The number of hydrogen-bond acceptors (Lipinski definition) is 2. The van der Waals surface area contributed by atoms with Crippen molar-refractivity contribution in [2.45, 2.75) is 0 Å². The predicted molar refractivity (Wildman–Crippen MR) is 54.0 cm³/mol. The van der Waals surface area contributed by atoms with E-state index >= 15 is 0 Å². The summed E-state index contributed by atoms with van der Waals surface area (Å²) in [6, 6.07) is 7.02. The summed E-state index contributed by atoms with van der Waals surface area (Å²) in [5, 5.41) is 0. The van der Waals surface area contributed by atoms with Crippen molar-refractivity contribution >= 4 is 5.82 Å². The normalized spacial score (nSPS) is 10.3. The predicted octanol–water partition coefficient (Wildman–Crippen LogP) is 2.61. The molecular weight excluding hydrogens is 198 g/mol. The van der Waals surface area contributed by atoms with Crippen molar-refractivity contribution in [1.82, 2.24) is 4.98 Å². The third-order valence-corrected chi connectivity index (χ3v) is 2.02. The Labute approximate surface area is 85.4 Å². The maximum absolute atomic E-state index is 12.9. The molecule has 1 aromatic heterocycles. The van der Waals surface area contributed by atoms with Gasteiger partial charge in [-0.2, -0.15) is 0 Å². The Hall–Kier alpha value is -1.97. The van der Waals surface area contributed by atoms with E-state index in [1.54, 1.807) is 6.07 Å². The van der Waals surface area contributed by atoms with Crippen LogP contribution in [0.5, 0.6) is 0 Å². The monoisotopic (exact) mass is 206 g/mol. The van der Waals surface area contributed by atoms with Crippen LogP contribution in [0.1, 0.15) is 0 Å². The number of halogens is 2. The summed E-state index contributed by atoms with van der Waals surface area (Å²) in [5.74, 6) is -0.707. The second kappa shape index (κ2) is 3.65. The minimum atomic E-state index is -0.497. The topological polar surface area (TPSA) is 38.9 Å². The van der Waals surface area contributed by atoms with Crippen molar-refractivity contribution in [3.05, 3.63) is 48.2 Å². The molecule has 0 radical (unpaired) electrons. The SMILES string of the molecule is Nc1ncc(F)cc1-c1cccc(F)c1. The summed E-state index contributed by atoms with van der Waals surface area (Å²) in [5.41, 5.74) is 6.48. The van der Waals surface area contributed by atoms with Crippen molar-refractivity contribution < 1.29 is 8.78 Å². The standard InChI is InChI=1S/C11H8F2N2/c12-8-3-1-2-7(4-8)10-5-9(13)6-15-11(10)14/h1-6H,(H2,14,15). The maximum Gasteiger partial charge on any atom is 0.142 e. The highest BCUT2D eigenvalue weighted by Gasteiger charge is 2.05. The molecule has 2 rings (SSSR count). The van der Waals surface area contributed by atoms with Gasteiger partial charge in [0, 0.05) is 5.56 Å². The minimum absolute atomic E-state index is 0.182. The van der Waals surface area contributed by atoms with Crippen LogP contribution in [0.2, 0.25) is 0 Å². The van der Waals surface area contributed by atoms with Gasteiger partial charge in [0.1, 0.15) is 17.5 Å². The van der Waals surface area contributed by atoms with E-state index in [1.165, 1.54) is 24.3 Å². The molecule has 4 heteroatoms. The number of benzene rings is 1. The van der Waals surface area contributed by atoms with Crippen LogP contribution in [-0.4, -0.2) is 4.98 Å². The third kappa shape index (κ3) is 1.93. The van der Waals surface area contributed by atoms with Crippen LogP contribution in [-0.2, 0) is 0 Å². The Morgan fingerprint density at radius 1 is 1.07 bits per heavy atom. The Kier molecular flexibility index (Phi) is 2.33. The number of hydrogen-bond donors (Lipinski definition) is 1. The van der Waals surface area contributed by atoms with Gasteiger partial charge in [-0.3, -0.25) is 0 Å². The lowest BCUT2D eigenvalue weighted by Gasteiger charge is -2.04. The van der Waals surface area contributed by atoms with Crippen molar-refractivity contribution in [3.63, 3.8) is 0 Å². The van der Waals surface area contributed by atoms with Gasteiger partial charge >= 0.3 is 0 Å². The van der Waals surface area contributed by atoms with Crippen LogP contribution in [0.15, 0.2) is 36.5 Å². The van der Waals surface area contributed by atoms with Gasteiger partial charge in [0.25, 0.3) is 0 Å². The van der Waals surface area contributed by atoms with Crippen molar-refractivity contribution in [3.8, 4) is 11.1 Å². The van der Waals surface area contributed by atoms with Crippen LogP contribution < -0.4 is 5.73 Å². The molecule has 0 aliphatic rings. The van der Waals surface area contributed by atoms with Gasteiger partial charge in [0.2, 0.25) is 0 Å². The third-order valence-electron chi connectivity index (χ3n) is 2.02. The van der Waals surface area contributed by atoms with Crippen LogP contribution >= 0.6 is 0 Å². The molecule has 2 N–H and O–H groups in total. The molecule has 0 saturated heterocycles. The molecule has 0 bridgehead atoms. The van der Waals surface area contributed by atoms with E-state index in [0.717, 1.165) is 6.20 Å². The molecule has 0 atom stereocenters. The highest BCUT2D eigenvalue weighted by molar-refractivity contribution is 5.73. The lowest BCUT2D eigenvalue weighted by atomic mass is 10.1. The number of anilines is 1. The average molecular weight is 206 g/mol. The molecule has 0 fully saturated rings. The average Bonchev–Trinajstić information content (AvgIpc) is 2.22. The first-order valence-corrected chi connectivity index (χ1v) is 4.34. The molecule has 1 heterocycles. The zero-order valence-electron chi connectivity index (χ0n) is 7.74. The summed E-state index contributed by atoms with van der Waals surface area (Å²) in [6.07, 6.45) is 1.03. The first-order chi connectivity index (χ1) is 7.16. The van der Waals surface area contributed by atoms with Crippen molar-refractivity contribution in [2.75, 3.05) is 5.73 Å². The second-order valence-corrected chi connectivity index (χ2v) is 3.10. The molecule has 2 nitrogen and oxygen atoms in total. The lowest BCUT2D eigenvalue weighted by Crippen LogP contribution is -1.95. The van der Waals surface area contributed by atoms with Crippen LogP contribution in [0.25, 0.3) is 11.1 Å². The fourth-order valence-electron chi connectivity index (χ4n) is 1.34. The molecule has 0 saturated carbocycles. The zero-order chi connectivity index (χ0) is 10.8. The van der Waals surface area contributed by atoms with Gasteiger partial charge in [-0.1, -0.05) is 12.1 Å². The van der Waals surface area contributed by atoms with Crippen molar-refractivity contribution in [2.24, 2.45) is 0 Å². The van der Waals surface area contributed by atoms with Gasteiger partial charge < -0.3 is 5.73 Å². The van der Waals surface area contributed by atoms with E-state index in [2.05, 4.69) is 4.98 Å². The molecule has 2 aromatic rings. The van der Waals surface area contributed by atoms with E-state index in [0.29, 0.717) is 11.1 Å². The van der Waals surface area contributed by atoms with Gasteiger partial charge in [-0.25, -0.2) is 13.8 Å². The van der Waals surface area contributed by atoms with Crippen LogP contribution in [0.4, 0.5) is 14.6 Å². The number of pyridine rings is 1. The van der Waals surface area contributed by atoms with E-state index in [4.69, 9.17) is 5.73 Å². The number of nitrogens with two attached hydrogens (primary N) is 1. The maximum atomic E-state index is 12.9. The molecule has 0 amide bonds. The van der Waals surface area contributed by atoms with Crippen LogP contribution in [0.3, 0.4) is 0 Å². The Bertz CT molecular complexity index is 498. The van der Waals surface area contributed by atoms with Gasteiger partial charge in [0.15, 0.2) is 0 Å². The Balaban J connectivity index is 2.58. The zero-order valence-corrected chi connectivity index (χ0v) is 7.74. The Morgan fingerprint density at radius 2 is 1.87 bits per heavy atom. The molecule has 15 heavy (non-hydrogen) atoms. The first kappa shape index (κ1) is 9.58. The largest absolute Gasteiger partial charge is 0.383 e. The molecule has 0 unspecified atom stereocenters. The first-order valence-electron chi connectivity index (χ1n) is 4.34. The minimum Gasteiger partial charge on any atom is -0.383 e. The quantitative estimate of drug-likeness (QED) is 0.778. The number of nitrogens with zero attached hydrogens (tertiary/aromatic N) is 1. The van der Waals surface area contributed by atoms with E-state index in [9.17, 15) is 8.78 Å². The molecule has 0 aliphatic carbocycles. The molecular formula is C11H8F2N2. The van der Waals surface area contributed by atoms with Crippen molar-refractivity contribution in [1.29, 1.82) is 0 Å². The summed E-state index contributed by atoms with van der Waals surface area (Å²) in [4.78, 5) is 3.67. The smallest absolute Gasteiger partial charge is 0.142 e. The summed E-state index contributed by atoms with van der Waals surface area (Å²) in [7, 11) is 0. The highest BCUT2D eigenvalue weighted by atomic mass is 19.1. The lowest BCUT2D eigenvalue weighted by molar-refractivity contribution is 0.621. The van der Waals surface area contributed by atoms with Gasteiger partial charge in [-0.15, -0.1) is 0 Å². The van der Waals surface area contributed by atoms with E-state index < -0.39 is 11.6 Å². The van der Waals surface area contributed by atoms with Crippen LogP contribution in [0, 0.1) is 11.6 Å².